The largest absolute Gasteiger partial charge is 0.465 e. The van der Waals surface area contributed by atoms with E-state index in [0.29, 0.717) is 36.5 Å². The number of benzene rings is 2. The Bertz CT molecular complexity index is 1660. The quantitative estimate of drug-likeness (QED) is 0.146. The third-order valence-corrected chi connectivity index (χ3v) is 9.93. The summed E-state index contributed by atoms with van der Waals surface area (Å²) in [4.78, 5) is 42.5. The number of non-ortho nitro benzene ring substituents is 1. The van der Waals surface area contributed by atoms with Crippen LogP contribution in [0.1, 0.15) is 63.8 Å². The summed E-state index contributed by atoms with van der Waals surface area (Å²) in [5.41, 5.74) is 2.30. The zero-order valence-electron chi connectivity index (χ0n) is 30.8. The van der Waals surface area contributed by atoms with Crippen LogP contribution >= 0.6 is 0 Å². The molecular formula is C37H48N4O11. The van der Waals surface area contributed by atoms with Crippen LogP contribution in [0, 0.1) is 10.1 Å². The summed E-state index contributed by atoms with van der Waals surface area (Å²) in [6, 6.07) is 9.28. The molecule has 2 aromatic rings. The normalized spacial score (nSPS) is 25.3. The molecule has 0 bridgehead atoms. The molecule has 52 heavy (non-hydrogen) atoms. The molecule has 1 atom stereocenters. The van der Waals surface area contributed by atoms with Gasteiger partial charge in [0.05, 0.1) is 49.7 Å². The molecule has 2 saturated heterocycles. The second-order valence-corrected chi connectivity index (χ2v) is 13.9. The van der Waals surface area contributed by atoms with Crippen LogP contribution in [-0.4, -0.2) is 104 Å². The van der Waals surface area contributed by atoms with Crippen LogP contribution in [0.25, 0.3) is 6.08 Å². The number of likely N-dealkylation sites (N-methyl/N-ethyl adjacent to an activating group) is 1. The molecular weight excluding hydrogens is 676 g/mol. The molecule has 0 aromatic heterocycles. The fraction of sp³-hybridized carbons (Fsp3) is 0.568. The number of nitrogens with zero attached hydrogens (tertiary/aromatic N) is 4. The Balaban J connectivity index is 1.29. The Labute approximate surface area is 303 Å². The Morgan fingerprint density at radius 1 is 0.904 bits per heavy atom. The molecule has 2 aromatic carbocycles. The van der Waals surface area contributed by atoms with Gasteiger partial charge in [0.25, 0.3) is 5.69 Å². The molecule has 0 N–H and O–H groups in total. The van der Waals surface area contributed by atoms with Crippen molar-refractivity contribution in [1.82, 2.24) is 9.80 Å². The molecule has 4 aliphatic rings. The standard InChI is InChI=1S/C37H48N4O11/c1-8-46-31(42)19-40(20-32(43)47-9-2)18-27-16-28(41(44)45)15-26-12-13-37(52-35(26)27)36(5,6)29-11-10-25(14-30(29)38(37)7)17-39(21-33-48-23(3)49-33)22-34-50-24(4)51-34/h10-16,23-24,33-34H,8-9,17-22H2,1-7H3. The average Bonchev–Trinajstić information content (AvgIpc) is 3.20. The predicted molar refractivity (Wildman–Crippen MR) is 188 cm³/mol. The number of ether oxygens (including phenoxy) is 7. The third-order valence-electron chi connectivity index (χ3n) is 9.93. The summed E-state index contributed by atoms with van der Waals surface area (Å²) in [7, 11) is 1.97. The maximum atomic E-state index is 12.6. The van der Waals surface area contributed by atoms with Gasteiger partial charge in [0.1, 0.15) is 5.75 Å². The van der Waals surface area contributed by atoms with E-state index < -0.39 is 28.0 Å². The molecule has 2 fully saturated rings. The lowest BCUT2D eigenvalue weighted by Gasteiger charge is -2.46. The number of carbonyl (C=O) groups excluding carboxylic acids is 2. The highest BCUT2D eigenvalue weighted by atomic mass is 16.9. The Hall–Kier alpha value is -4.12. The molecule has 0 radical (unpaired) electrons. The molecule has 0 aliphatic carbocycles. The Kier molecular flexibility index (Phi) is 10.9. The van der Waals surface area contributed by atoms with Crippen LogP contribution in [0.4, 0.5) is 11.4 Å². The number of rotatable bonds is 15. The highest BCUT2D eigenvalue weighted by Crippen LogP contribution is 2.55. The van der Waals surface area contributed by atoms with Crippen LogP contribution in [0.2, 0.25) is 0 Å². The molecule has 15 nitrogen and oxygen atoms in total. The summed E-state index contributed by atoms with van der Waals surface area (Å²) in [6.07, 6.45) is 2.68. The molecule has 282 valence electrons. The van der Waals surface area contributed by atoms with Crippen LogP contribution in [0.15, 0.2) is 36.4 Å². The van der Waals surface area contributed by atoms with Crippen molar-refractivity contribution >= 4 is 29.4 Å². The fourth-order valence-corrected chi connectivity index (χ4v) is 7.47. The molecule has 1 spiro atoms. The first kappa shape index (κ1) is 37.6. The number of anilines is 1. The van der Waals surface area contributed by atoms with E-state index in [-0.39, 0.29) is 63.7 Å². The number of fused-ring (bicyclic) bond motifs is 2. The van der Waals surface area contributed by atoms with Gasteiger partial charge in [0, 0.05) is 49.1 Å². The lowest BCUT2D eigenvalue weighted by atomic mass is 9.76. The number of carbonyl (C=O) groups is 2. The van der Waals surface area contributed by atoms with Gasteiger partial charge in [-0.1, -0.05) is 12.1 Å². The molecule has 15 heteroatoms. The first-order valence-electron chi connectivity index (χ1n) is 17.7. The lowest BCUT2D eigenvalue weighted by Crippen LogP contribution is -2.58. The van der Waals surface area contributed by atoms with Gasteiger partial charge in [-0.05, 0) is 70.9 Å². The maximum Gasteiger partial charge on any atom is 0.320 e. The summed E-state index contributed by atoms with van der Waals surface area (Å²) in [6.45, 7) is 12.9. The predicted octanol–water partition coefficient (Wildman–Crippen LogP) is 4.29. The van der Waals surface area contributed by atoms with Gasteiger partial charge >= 0.3 is 11.9 Å². The highest BCUT2D eigenvalue weighted by molar-refractivity contribution is 5.76. The summed E-state index contributed by atoms with van der Waals surface area (Å²) in [5.74, 6) is -0.640. The minimum absolute atomic E-state index is 0.0109. The highest BCUT2D eigenvalue weighted by Gasteiger charge is 2.58. The van der Waals surface area contributed by atoms with Crippen molar-refractivity contribution in [3.8, 4) is 5.75 Å². The van der Waals surface area contributed by atoms with Gasteiger partial charge in [0.2, 0.25) is 5.72 Å². The van der Waals surface area contributed by atoms with E-state index in [1.165, 1.54) is 12.1 Å². The molecule has 1 unspecified atom stereocenters. The number of hydrogen-bond donors (Lipinski definition) is 0. The SMILES string of the molecule is CCOC(=O)CN(CC(=O)OCC)Cc1cc([N+](=O)[O-])cc2c1OC1(C=C2)N(C)c2cc(CN(CC3OC(C)O3)CC3OC(C)O3)ccc2C1(C)C. The molecule has 4 aliphatic heterocycles. The number of esters is 2. The summed E-state index contributed by atoms with van der Waals surface area (Å²) < 4.78 is 40.3. The first-order chi connectivity index (χ1) is 24.7. The Morgan fingerprint density at radius 3 is 2.04 bits per heavy atom. The van der Waals surface area contributed by atoms with Gasteiger partial charge in [-0.3, -0.25) is 29.5 Å². The van der Waals surface area contributed by atoms with E-state index in [4.69, 9.17) is 33.2 Å². The van der Waals surface area contributed by atoms with Crippen molar-refractivity contribution in [1.29, 1.82) is 0 Å². The topological polar surface area (TPSA) is 152 Å². The van der Waals surface area contributed by atoms with E-state index in [1.807, 2.05) is 33.0 Å². The van der Waals surface area contributed by atoms with Crippen LogP contribution in [0.5, 0.6) is 5.75 Å². The van der Waals surface area contributed by atoms with Gasteiger partial charge in [-0.2, -0.15) is 0 Å². The summed E-state index contributed by atoms with van der Waals surface area (Å²) in [5, 5.41) is 12.0. The van der Waals surface area contributed by atoms with Crippen molar-refractivity contribution in [3.05, 3.63) is 68.8 Å². The van der Waals surface area contributed by atoms with E-state index in [9.17, 15) is 19.7 Å². The second-order valence-electron chi connectivity index (χ2n) is 13.9. The van der Waals surface area contributed by atoms with E-state index in [0.717, 1.165) is 16.8 Å². The number of nitro groups is 1. The van der Waals surface area contributed by atoms with E-state index in [1.54, 1.807) is 18.7 Å². The van der Waals surface area contributed by atoms with Gasteiger partial charge in [0.15, 0.2) is 25.2 Å². The van der Waals surface area contributed by atoms with Gasteiger partial charge in [-0.25, -0.2) is 0 Å². The first-order valence-corrected chi connectivity index (χ1v) is 17.7. The zero-order chi connectivity index (χ0) is 37.4. The van der Waals surface area contributed by atoms with Crippen molar-refractivity contribution in [2.24, 2.45) is 0 Å². The van der Waals surface area contributed by atoms with Gasteiger partial charge < -0.3 is 38.1 Å². The molecule has 0 amide bonds. The smallest absolute Gasteiger partial charge is 0.320 e. The summed E-state index contributed by atoms with van der Waals surface area (Å²) >= 11 is 0. The molecule has 4 heterocycles. The lowest BCUT2D eigenvalue weighted by molar-refractivity contribution is -0.391. The minimum Gasteiger partial charge on any atom is -0.465 e. The minimum atomic E-state index is -1.02. The van der Waals surface area contributed by atoms with Crippen molar-refractivity contribution in [2.45, 2.75) is 90.9 Å². The van der Waals surface area contributed by atoms with E-state index in [2.05, 4.69) is 41.8 Å². The monoisotopic (exact) mass is 724 g/mol. The number of hydrogen-bond acceptors (Lipinski definition) is 14. The van der Waals surface area contributed by atoms with Crippen LogP contribution in [0.3, 0.4) is 0 Å². The second kappa shape index (κ2) is 15.1. The van der Waals surface area contributed by atoms with Gasteiger partial charge in [-0.15, -0.1) is 0 Å². The van der Waals surface area contributed by atoms with Crippen molar-refractivity contribution < 1.29 is 47.7 Å². The van der Waals surface area contributed by atoms with Crippen LogP contribution < -0.4 is 9.64 Å². The zero-order valence-corrected chi connectivity index (χ0v) is 30.8. The maximum absolute atomic E-state index is 12.6. The average molecular weight is 725 g/mol. The molecule has 0 saturated carbocycles. The van der Waals surface area contributed by atoms with Crippen molar-refractivity contribution in [3.63, 3.8) is 0 Å². The van der Waals surface area contributed by atoms with Crippen LogP contribution in [-0.2, 0) is 56.5 Å². The van der Waals surface area contributed by atoms with Crippen molar-refractivity contribution in [2.75, 3.05) is 51.3 Å². The van der Waals surface area contributed by atoms with E-state index >= 15 is 0 Å². The molecule has 6 rings (SSSR count). The number of nitro benzene ring substituents is 1. The third kappa shape index (κ3) is 7.52. The Morgan fingerprint density at radius 2 is 1.50 bits per heavy atom. The fourth-order valence-electron chi connectivity index (χ4n) is 7.47.